The summed E-state index contributed by atoms with van der Waals surface area (Å²) in [6, 6.07) is 8.22. The number of aliphatic hydroxyl groups excluding tert-OH is 1. The predicted molar refractivity (Wildman–Crippen MR) is 53.3 cm³/mol. The first-order valence-electron chi connectivity index (χ1n) is 5.03. The Hall–Kier alpha value is -1.40. The molecule has 2 rings (SSSR count). The van der Waals surface area contributed by atoms with E-state index in [-0.39, 0.29) is 5.56 Å². The van der Waals surface area contributed by atoms with Gasteiger partial charge in [-0.2, -0.15) is 5.26 Å². The van der Waals surface area contributed by atoms with Gasteiger partial charge in [-0.1, -0.05) is 24.6 Å². The molecule has 1 N–H and O–H groups in total. The largest absolute Gasteiger partial charge is 0.387 e. The summed E-state index contributed by atoms with van der Waals surface area (Å²) in [4.78, 5) is 0. The summed E-state index contributed by atoms with van der Waals surface area (Å²) in [6.45, 7) is 0. The lowest BCUT2D eigenvalue weighted by atomic mass is 9.64. The molecule has 2 nitrogen and oxygen atoms in total. The van der Waals surface area contributed by atoms with Gasteiger partial charge < -0.3 is 5.11 Å². The molecule has 0 radical (unpaired) electrons. The topological polar surface area (TPSA) is 44.0 Å². The number of aliphatic hydroxyl groups is 1. The average molecular weight is 205 g/mol. The van der Waals surface area contributed by atoms with Crippen molar-refractivity contribution < 1.29 is 9.50 Å². The molecular weight excluding hydrogens is 193 g/mol. The second-order valence-corrected chi connectivity index (χ2v) is 4.05. The van der Waals surface area contributed by atoms with Crippen molar-refractivity contribution in [2.24, 2.45) is 5.41 Å². The third-order valence-electron chi connectivity index (χ3n) is 3.19. The van der Waals surface area contributed by atoms with Gasteiger partial charge in [0.1, 0.15) is 11.9 Å². The molecule has 78 valence electrons. The molecule has 0 bridgehead atoms. The van der Waals surface area contributed by atoms with Crippen LogP contribution >= 0.6 is 0 Å². The van der Waals surface area contributed by atoms with E-state index in [0.29, 0.717) is 12.8 Å². The van der Waals surface area contributed by atoms with Crippen molar-refractivity contribution in [2.45, 2.75) is 25.4 Å². The van der Waals surface area contributed by atoms with Gasteiger partial charge in [0, 0.05) is 5.56 Å². The number of hydrogen-bond donors (Lipinski definition) is 1. The molecule has 1 aromatic rings. The van der Waals surface area contributed by atoms with Crippen molar-refractivity contribution >= 4 is 0 Å². The van der Waals surface area contributed by atoms with Gasteiger partial charge in [0.05, 0.1) is 11.5 Å². The summed E-state index contributed by atoms with van der Waals surface area (Å²) >= 11 is 0. The van der Waals surface area contributed by atoms with Crippen LogP contribution in [0, 0.1) is 22.6 Å². The van der Waals surface area contributed by atoms with Crippen LogP contribution in [0.5, 0.6) is 0 Å². The minimum Gasteiger partial charge on any atom is -0.387 e. The number of benzene rings is 1. The fourth-order valence-electron chi connectivity index (χ4n) is 2.00. The Morgan fingerprint density at radius 1 is 1.40 bits per heavy atom. The van der Waals surface area contributed by atoms with E-state index in [1.54, 1.807) is 12.1 Å². The minimum atomic E-state index is -1.00. The van der Waals surface area contributed by atoms with Crippen molar-refractivity contribution in [3.63, 3.8) is 0 Å². The van der Waals surface area contributed by atoms with Gasteiger partial charge >= 0.3 is 0 Å². The van der Waals surface area contributed by atoms with E-state index < -0.39 is 17.3 Å². The highest BCUT2D eigenvalue weighted by Gasteiger charge is 2.45. The predicted octanol–water partition coefficient (Wildman–Crippen LogP) is 2.55. The van der Waals surface area contributed by atoms with Gasteiger partial charge in [-0.05, 0) is 18.9 Å². The van der Waals surface area contributed by atoms with E-state index in [0.717, 1.165) is 6.42 Å². The van der Waals surface area contributed by atoms with E-state index in [9.17, 15) is 9.50 Å². The van der Waals surface area contributed by atoms with E-state index in [4.69, 9.17) is 5.26 Å². The average Bonchev–Trinajstić information content (AvgIpc) is 2.17. The third-order valence-corrected chi connectivity index (χ3v) is 3.19. The maximum absolute atomic E-state index is 13.4. The maximum atomic E-state index is 13.4. The molecule has 1 unspecified atom stereocenters. The Labute approximate surface area is 88.0 Å². The molecule has 0 saturated heterocycles. The Morgan fingerprint density at radius 3 is 2.53 bits per heavy atom. The molecule has 3 heteroatoms. The maximum Gasteiger partial charge on any atom is 0.129 e. The number of nitriles is 1. The van der Waals surface area contributed by atoms with Crippen LogP contribution in [-0.2, 0) is 0 Å². The normalized spacial score (nSPS) is 20.1. The standard InChI is InChI=1S/C12H12FNO/c13-10-5-2-1-4-9(10)11(15)12(8-14)6-3-7-12/h1-2,4-5,11,15H,3,6-7H2. The van der Waals surface area contributed by atoms with Crippen LogP contribution in [0.25, 0.3) is 0 Å². The van der Waals surface area contributed by atoms with Gasteiger partial charge in [0.15, 0.2) is 0 Å². The van der Waals surface area contributed by atoms with Crippen molar-refractivity contribution in [3.05, 3.63) is 35.6 Å². The molecule has 1 saturated carbocycles. The molecule has 1 aliphatic rings. The van der Waals surface area contributed by atoms with Crippen molar-refractivity contribution in [2.75, 3.05) is 0 Å². The Morgan fingerprint density at radius 2 is 2.07 bits per heavy atom. The summed E-state index contributed by atoms with van der Waals surface area (Å²) in [5, 5.41) is 19.0. The lowest BCUT2D eigenvalue weighted by Gasteiger charge is -2.39. The highest BCUT2D eigenvalue weighted by molar-refractivity contribution is 5.26. The van der Waals surface area contributed by atoms with Gasteiger partial charge in [-0.15, -0.1) is 0 Å². The molecule has 1 aromatic carbocycles. The SMILES string of the molecule is N#CC1(C(O)c2ccccc2F)CCC1. The van der Waals surface area contributed by atoms with Gasteiger partial charge in [-0.3, -0.25) is 0 Å². The summed E-state index contributed by atoms with van der Waals surface area (Å²) < 4.78 is 13.4. The van der Waals surface area contributed by atoms with Crippen LogP contribution in [-0.4, -0.2) is 5.11 Å². The molecule has 15 heavy (non-hydrogen) atoms. The third kappa shape index (κ3) is 1.51. The molecule has 1 aliphatic carbocycles. The van der Waals surface area contributed by atoms with Gasteiger partial charge in [0.2, 0.25) is 0 Å². The Balaban J connectivity index is 2.32. The van der Waals surface area contributed by atoms with Gasteiger partial charge in [-0.25, -0.2) is 4.39 Å². The first kappa shape index (κ1) is 10.1. The molecule has 0 amide bonds. The van der Waals surface area contributed by atoms with Crippen LogP contribution in [0.4, 0.5) is 4.39 Å². The summed E-state index contributed by atoms with van der Waals surface area (Å²) in [5.41, 5.74) is -0.527. The Kier molecular flexibility index (Phi) is 2.45. The first-order chi connectivity index (χ1) is 7.19. The highest BCUT2D eigenvalue weighted by Crippen LogP contribution is 2.49. The Bertz CT molecular complexity index is 406. The number of halogens is 1. The fraction of sp³-hybridized carbons (Fsp3) is 0.417. The second kappa shape index (κ2) is 3.63. The lowest BCUT2D eigenvalue weighted by Crippen LogP contribution is -2.34. The zero-order chi connectivity index (χ0) is 10.9. The molecule has 0 spiro atoms. The van der Waals surface area contributed by atoms with Crippen LogP contribution < -0.4 is 0 Å². The summed E-state index contributed by atoms with van der Waals surface area (Å²) in [6.07, 6.45) is 1.23. The molecule has 0 aromatic heterocycles. The van der Waals surface area contributed by atoms with Crippen molar-refractivity contribution in [1.82, 2.24) is 0 Å². The number of nitrogens with zero attached hydrogens (tertiary/aromatic N) is 1. The second-order valence-electron chi connectivity index (χ2n) is 4.05. The molecule has 0 aliphatic heterocycles. The zero-order valence-corrected chi connectivity index (χ0v) is 8.28. The van der Waals surface area contributed by atoms with E-state index in [1.165, 1.54) is 12.1 Å². The van der Waals surface area contributed by atoms with Crippen LogP contribution in [0.2, 0.25) is 0 Å². The minimum absolute atomic E-state index is 0.235. The highest BCUT2D eigenvalue weighted by atomic mass is 19.1. The van der Waals surface area contributed by atoms with Crippen molar-refractivity contribution in [3.8, 4) is 6.07 Å². The lowest BCUT2D eigenvalue weighted by molar-refractivity contribution is 0.00565. The van der Waals surface area contributed by atoms with Crippen LogP contribution in [0.1, 0.15) is 30.9 Å². The van der Waals surface area contributed by atoms with Gasteiger partial charge in [0.25, 0.3) is 0 Å². The smallest absolute Gasteiger partial charge is 0.129 e. The number of hydrogen-bond acceptors (Lipinski definition) is 2. The molecular formula is C12H12FNO. The van der Waals surface area contributed by atoms with Crippen LogP contribution in [0.15, 0.2) is 24.3 Å². The fourth-order valence-corrected chi connectivity index (χ4v) is 2.00. The summed E-state index contributed by atoms with van der Waals surface area (Å²) in [7, 11) is 0. The number of rotatable bonds is 2. The quantitative estimate of drug-likeness (QED) is 0.806. The van der Waals surface area contributed by atoms with E-state index >= 15 is 0 Å². The zero-order valence-electron chi connectivity index (χ0n) is 8.28. The van der Waals surface area contributed by atoms with Crippen molar-refractivity contribution in [1.29, 1.82) is 5.26 Å². The molecule has 0 heterocycles. The first-order valence-corrected chi connectivity index (χ1v) is 5.03. The monoisotopic (exact) mass is 205 g/mol. The van der Waals surface area contributed by atoms with E-state index in [1.807, 2.05) is 0 Å². The van der Waals surface area contributed by atoms with E-state index in [2.05, 4.69) is 6.07 Å². The molecule has 1 atom stereocenters. The molecule has 1 fully saturated rings. The summed E-state index contributed by atoms with van der Waals surface area (Å²) in [5.74, 6) is -0.438. The van der Waals surface area contributed by atoms with Crippen LogP contribution in [0.3, 0.4) is 0 Å².